The molecular weight excluding hydrogens is 496 g/mol. The number of methoxy groups -OCH3 is 1. The van der Waals surface area contributed by atoms with E-state index in [4.69, 9.17) is 16.3 Å². The average Bonchev–Trinajstić information content (AvgIpc) is 2.90. The van der Waals surface area contributed by atoms with Crippen LogP contribution in [0.5, 0.6) is 5.75 Å². The molecule has 0 fully saturated rings. The number of sulfonamides is 1. The topological polar surface area (TPSA) is 75.7 Å². The molecule has 0 unspecified atom stereocenters. The summed E-state index contributed by atoms with van der Waals surface area (Å²) in [6.07, 6.45) is 0. The summed E-state index contributed by atoms with van der Waals surface area (Å²) >= 11 is 6.22. The molecule has 8 heteroatoms. The maximum absolute atomic E-state index is 13.9. The van der Waals surface area contributed by atoms with Crippen molar-refractivity contribution in [1.29, 1.82) is 0 Å². The summed E-state index contributed by atoms with van der Waals surface area (Å²) in [5.74, 6) is 0.0913. The van der Waals surface area contributed by atoms with Gasteiger partial charge in [0, 0.05) is 10.7 Å². The number of carbonyl (C=O) groups excluding carboxylic acids is 1. The Kier molecular flexibility index (Phi) is 7.62. The molecule has 0 aliphatic heterocycles. The zero-order valence-electron chi connectivity index (χ0n) is 19.8. The van der Waals surface area contributed by atoms with Gasteiger partial charge in [0.1, 0.15) is 5.75 Å². The summed E-state index contributed by atoms with van der Waals surface area (Å²) in [5.41, 5.74) is 2.64. The Labute approximate surface area is 216 Å². The van der Waals surface area contributed by atoms with Crippen LogP contribution in [0.15, 0.2) is 102 Å². The first kappa shape index (κ1) is 25.3. The minimum atomic E-state index is -4.04. The molecule has 6 nitrogen and oxygen atoms in total. The number of nitrogens with zero attached hydrogens (tertiary/aromatic N) is 1. The standard InChI is InChI=1S/C28H25ClN2O4S/c1-20-12-13-22(18-26(20)29)30-28(32)25-10-6-7-11-27(25)31(19-21-8-4-3-5-9-21)36(33,34)24-16-14-23(35-2)15-17-24/h3-18H,19H2,1-2H3,(H,30,32). The number of hydrogen-bond acceptors (Lipinski definition) is 4. The van der Waals surface area contributed by atoms with Gasteiger partial charge in [-0.2, -0.15) is 0 Å². The van der Waals surface area contributed by atoms with Crippen molar-refractivity contribution in [3.63, 3.8) is 0 Å². The highest BCUT2D eigenvalue weighted by Gasteiger charge is 2.28. The monoisotopic (exact) mass is 520 g/mol. The molecule has 0 aliphatic rings. The van der Waals surface area contributed by atoms with Crippen LogP contribution in [0.3, 0.4) is 0 Å². The SMILES string of the molecule is COc1ccc(S(=O)(=O)N(Cc2ccccc2)c2ccccc2C(=O)Nc2ccc(C)c(Cl)c2)cc1. The zero-order chi connectivity index (χ0) is 25.7. The van der Waals surface area contributed by atoms with Crippen molar-refractivity contribution in [2.24, 2.45) is 0 Å². The van der Waals surface area contributed by atoms with Crippen molar-refractivity contribution in [2.45, 2.75) is 18.4 Å². The molecule has 4 aromatic carbocycles. The van der Waals surface area contributed by atoms with Crippen molar-refractivity contribution >= 4 is 38.9 Å². The van der Waals surface area contributed by atoms with Crippen LogP contribution in [0.4, 0.5) is 11.4 Å². The maximum Gasteiger partial charge on any atom is 0.264 e. The van der Waals surface area contributed by atoms with Gasteiger partial charge in [-0.25, -0.2) is 8.42 Å². The third kappa shape index (κ3) is 5.53. The lowest BCUT2D eigenvalue weighted by molar-refractivity contribution is 0.102. The number of anilines is 2. The van der Waals surface area contributed by atoms with Gasteiger partial charge in [0.15, 0.2) is 0 Å². The first-order valence-corrected chi connectivity index (χ1v) is 13.0. The van der Waals surface area contributed by atoms with Crippen LogP contribution in [0.2, 0.25) is 5.02 Å². The fourth-order valence-corrected chi connectivity index (χ4v) is 5.33. The first-order valence-electron chi connectivity index (χ1n) is 11.2. The van der Waals surface area contributed by atoms with E-state index in [-0.39, 0.29) is 22.7 Å². The number of benzene rings is 4. The van der Waals surface area contributed by atoms with Crippen LogP contribution >= 0.6 is 11.6 Å². The van der Waals surface area contributed by atoms with E-state index >= 15 is 0 Å². The van der Waals surface area contributed by atoms with Crippen molar-refractivity contribution in [3.8, 4) is 5.75 Å². The Balaban J connectivity index is 1.77. The molecule has 0 aromatic heterocycles. The lowest BCUT2D eigenvalue weighted by atomic mass is 10.1. The van der Waals surface area contributed by atoms with Crippen molar-refractivity contribution in [1.82, 2.24) is 0 Å². The largest absolute Gasteiger partial charge is 0.497 e. The lowest BCUT2D eigenvalue weighted by Gasteiger charge is -2.26. The third-order valence-corrected chi connectivity index (χ3v) is 7.84. The van der Waals surface area contributed by atoms with Gasteiger partial charge in [0.2, 0.25) is 0 Å². The summed E-state index contributed by atoms with van der Waals surface area (Å²) < 4.78 is 34.2. The average molecular weight is 521 g/mol. The van der Waals surface area contributed by atoms with Crippen LogP contribution in [0, 0.1) is 6.92 Å². The van der Waals surface area contributed by atoms with Crippen LogP contribution in [-0.4, -0.2) is 21.4 Å². The third-order valence-electron chi connectivity index (χ3n) is 5.66. The predicted octanol–water partition coefficient (Wildman–Crippen LogP) is 6.30. The second-order valence-electron chi connectivity index (χ2n) is 8.11. The Hall–Kier alpha value is -3.81. The fraction of sp³-hybridized carbons (Fsp3) is 0.107. The van der Waals surface area contributed by atoms with Crippen LogP contribution in [-0.2, 0) is 16.6 Å². The van der Waals surface area contributed by atoms with Crippen molar-refractivity contribution < 1.29 is 17.9 Å². The Morgan fingerprint density at radius 3 is 2.25 bits per heavy atom. The number of halogens is 1. The van der Waals surface area contributed by atoms with E-state index in [2.05, 4.69) is 5.32 Å². The van der Waals surface area contributed by atoms with E-state index in [9.17, 15) is 13.2 Å². The highest BCUT2D eigenvalue weighted by atomic mass is 35.5. The fourth-order valence-electron chi connectivity index (χ4n) is 3.68. The van der Waals surface area contributed by atoms with Gasteiger partial charge >= 0.3 is 0 Å². The van der Waals surface area contributed by atoms with E-state index in [0.717, 1.165) is 11.1 Å². The highest BCUT2D eigenvalue weighted by Crippen LogP contribution is 2.31. The quantitative estimate of drug-likeness (QED) is 0.295. The minimum Gasteiger partial charge on any atom is -0.497 e. The molecular formula is C28H25ClN2O4S. The van der Waals surface area contributed by atoms with Gasteiger partial charge < -0.3 is 10.1 Å². The molecule has 0 saturated heterocycles. The molecule has 4 aromatic rings. The summed E-state index contributed by atoms with van der Waals surface area (Å²) in [6.45, 7) is 1.91. The van der Waals surface area contributed by atoms with E-state index in [1.165, 1.54) is 23.5 Å². The normalized spacial score (nSPS) is 11.1. The van der Waals surface area contributed by atoms with E-state index < -0.39 is 15.9 Å². The smallest absolute Gasteiger partial charge is 0.264 e. The molecule has 0 radical (unpaired) electrons. The van der Waals surface area contributed by atoms with Gasteiger partial charge in [-0.3, -0.25) is 9.10 Å². The molecule has 36 heavy (non-hydrogen) atoms. The molecule has 0 bridgehead atoms. The first-order chi connectivity index (χ1) is 17.3. The van der Waals surface area contributed by atoms with E-state index in [0.29, 0.717) is 16.5 Å². The Morgan fingerprint density at radius 1 is 0.917 bits per heavy atom. The lowest BCUT2D eigenvalue weighted by Crippen LogP contribution is -2.32. The number of hydrogen-bond donors (Lipinski definition) is 1. The number of ether oxygens (including phenoxy) is 1. The van der Waals surface area contributed by atoms with Gasteiger partial charge in [-0.1, -0.05) is 60.1 Å². The number of rotatable bonds is 8. The number of carbonyl (C=O) groups is 1. The van der Waals surface area contributed by atoms with Gasteiger partial charge in [-0.15, -0.1) is 0 Å². The van der Waals surface area contributed by atoms with E-state index in [1.807, 2.05) is 37.3 Å². The summed E-state index contributed by atoms with van der Waals surface area (Å²) in [7, 11) is -2.53. The summed E-state index contributed by atoms with van der Waals surface area (Å²) in [5, 5.41) is 3.35. The molecule has 0 spiro atoms. The molecule has 0 saturated carbocycles. The molecule has 0 atom stereocenters. The maximum atomic E-state index is 13.9. The van der Waals surface area contributed by atoms with Gasteiger partial charge in [0.05, 0.1) is 29.8 Å². The van der Waals surface area contributed by atoms with Crippen LogP contribution < -0.4 is 14.4 Å². The van der Waals surface area contributed by atoms with Crippen LogP contribution in [0.1, 0.15) is 21.5 Å². The second-order valence-corrected chi connectivity index (χ2v) is 10.4. The Bertz CT molecular complexity index is 1470. The predicted molar refractivity (Wildman–Crippen MR) is 143 cm³/mol. The molecule has 1 N–H and O–H groups in total. The molecule has 0 heterocycles. The molecule has 184 valence electrons. The van der Waals surface area contributed by atoms with Crippen LogP contribution in [0.25, 0.3) is 0 Å². The number of amides is 1. The number of para-hydroxylation sites is 1. The number of nitrogens with one attached hydrogen (secondary N) is 1. The van der Waals surface area contributed by atoms with Gasteiger partial charge in [0.25, 0.3) is 15.9 Å². The highest BCUT2D eigenvalue weighted by molar-refractivity contribution is 7.92. The van der Waals surface area contributed by atoms with Crippen molar-refractivity contribution in [2.75, 3.05) is 16.7 Å². The second kappa shape index (κ2) is 10.8. The molecule has 4 rings (SSSR count). The van der Waals surface area contributed by atoms with Crippen molar-refractivity contribution in [3.05, 3.63) is 119 Å². The van der Waals surface area contributed by atoms with Gasteiger partial charge in [-0.05, 0) is 66.6 Å². The number of aryl methyl sites for hydroxylation is 1. The minimum absolute atomic E-state index is 0.0376. The molecule has 0 aliphatic carbocycles. The molecule has 1 amide bonds. The van der Waals surface area contributed by atoms with E-state index in [1.54, 1.807) is 54.6 Å². The summed E-state index contributed by atoms with van der Waals surface area (Å²) in [6, 6.07) is 27.2. The Morgan fingerprint density at radius 2 is 1.58 bits per heavy atom. The summed E-state index contributed by atoms with van der Waals surface area (Å²) in [4.78, 5) is 13.4. The zero-order valence-corrected chi connectivity index (χ0v) is 21.4.